The third-order valence-electron chi connectivity index (χ3n) is 3.30. The van der Waals surface area contributed by atoms with Crippen LogP contribution in [0.2, 0.25) is 0 Å². The molecule has 0 spiro atoms. The third-order valence-corrected chi connectivity index (χ3v) is 3.30. The minimum Gasteiger partial charge on any atom is -0.493 e. The van der Waals surface area contributed by atoms with E-state index in [1.165, 1.54) is 12.3 Å². The van der Waals surface area contributed by atoms with E-state index in [0.717, 1.165) is 24.2 Å². The molecule has 0 aliphatic carbocycles. The van der Waals surface area contributed by atoms with Crippen molar-refractivity contribution in [3.63, 3.8) is 0 Å². The summed E-state index contributed by atoms with van der Waals surface area (Å²) >= 11 is 0. The molecule has 0 radical (unpaired) electrons. The summed E-state index contributed by atoms with van der Waals surface area (Å²) in [4.78, 5) is 3.95. The quantitative estimate of drug-likeness (QED) is 0.852. The van der Waals surface area contributed by atoms with Crippen LogP contribution < -0.4 is 10.1 Å². The van der Waals surface area contributed by atoms with Gasteiger partial charge in [0.2, 0.25) is 0 Å². The van der Waals surface area contributed by atoms with E-state index in [9.17, 15) is 4.39 Å². The molecule has 114 valence electrons. The van der Waals surface area contributed by atoms with Crippen LogP contribution >= 0.6 is 0 Å². The van der Waals surface area contributed by atoms with Gasteiger partial charge >= 0.3 is 0 Å². The Morgan fingerprint density at radius 2 is 2.14 bits per heavy atom. The van der Waals surface area contributed by atoms with E-state index in [2.05, 4.69) is 22.3 Å². The molecule has 0 fully saturated rings. The zero-order valence-corrected chi connectivity index (χ0v) is 12.6. The Balaban J connectivity index is 2.47. The highest BCUT2D eigenvalue weighted by Gasteiger charge is 2.23. The molecule has 1 unspecified atom stereocenters. The van der Waals surface area contributed by atoms with Crippen molar-refractivity contribution < 1.29 is 9.13 Å². The fraction of sp³-hybridized carbons (Fsp3) is 0.467. The van der Waals surface area contributed by atoms with Gasteiger partial charge < -0.3 is 10.1 Å². The minimum absolute atomic E-state index is 0.203. The number of pyridine rings is 1. The lowest BCUT2D eigenvalue weighted by molar-refractivity contribution is 0.398. The van der Waals surface area contributed by atoms with Crippen LogP contribution in [0.1, 0.15) is 37.6 Å². The lowest BCUT2D eigenvalue weighted by Crippen LogP contribution is -2.26. The van der Waals surface area contributed by atoms with E-state index >= 15 is 0 Å². The standard InChI is InChI=1S/C15H21FN4O/c1-4-6-18-14(11-7-12(16)9-17-8-11)15-13(21-3)10-19-20(15)5-2/h7-10,14,18H,4-6H2,1-3H3. The molecule has 0 aliphatic heterocycles. The molecule has 1 atom stereocenters. The topological polar surface area (TPSA) is 52.0 Å². The first kappa shape index (κ1) is 15.4. The Kier molecular flexibility index (Phi) is 5.27. The van der Waals surface area contributed by atoms with Crippen molar-refractivity contribution in [2.75, 3.05) is 13.7 Å². The first-order chi connectivity index (χ1) is 10.2. The van der Waals surface area contributed by atoms with E-state index in [-0.39, 0.29) is 11.9 Å². The summed E-state index contributed by atoms with van der Waals surface area (Å²) in [6.45, 7) is 5.61. The lowest BCUT2D eigenvalue weighted by Gasteiger charge is -2.21. The smallest absolute Gasteiger partial charge is 0.161 e. The van der Waals surface area contributed by atoms with Gasteiger partial charge in [0.25, 0.3) is 0 Å². The summed E-state index contributed by atoms with van der Waals surface area (Å²) in [5, 5.41) is 7.74. The Bertz CT molecular complexity index is 563. The molecule has 0 bridgehead atoms. The van der Waals surface area contributed by atoms with E-state index in [1.807, 2.05) is 11.6 Å². The zero-order chi connectivity index (χ0) is 15.2. The fourth-order valence-corrected chi connectivity index (χ4v) is 2.33. The maximum atomic E-state index is 13.5. The Morgan fingerprint density at radius 1 is 1.33 bits per heavy atom. The monoisotopic (exact) mass is 292 g/mol. The molecule has 0 amide bonds. The fourth-order valence-electron chi connectivity index (χ4n) is 2.33. The number of hydrogen-bond acceptors (Lipinski definition) is 4. The second-order valence-corrected chi connectivity index (χ2v) is 4.74. The van der Waals surface area contributed by atoms with Gasteiger partial charge in [-0.05, 0) is 31.5 Å². The van der Waals surface area contributed by atoms with Crippen molar-refractivity contribution in [1.29, 1.82) is 0 Å². The average molecular weight is 292 g/mol. The molecule has 0 saturated heterocycles. The van der Waals surface area contributed by atoms with Crippen molar-refractivity contribution in [3.8, 4) is 5.75 Å². The molecule has 5 nitrogen and oxygen atoms in total. The van der Waals surface area contributed by atoms with Crippen LogP contribution in [0.25, 0.3) is 0 Å². The van der Waals surface area contributed by atoms with Crippen molar-refractivity contribution in [2.45, 2.75) is 32.9 Å². The Morgan fingerprint density at radius 3 is 2.76 bits per heavy atom. The van der Waals surface area contributed by atoms with Gasteiger partial charge in [-0.15, -0.1) is 0 Å². The molecule has 2 rings (SSSR count). The molecule has 2 aromatic rings. The predicted octanol–water partition coefficient (Wildman–Crippen LogP) is 2.53. The van der Waals surface area contributed by atoms with Crippen molar-refractivity contribution >= 4 is 0 Å². The first-order valence-electron chi connectivity index (χ1n) is 7.14. The Hall–Kier alpha value is -1.95. The van der Waals surface area contributed by atoms with E-state index in [4.69, 9.17) is 4.74 Å². The van der Waals surface area contributed by atoms with Gasteiger partial charge in [-0.1, -0.05) is 6.92 Å². The molecular weight excluding hydrogens is 271 g/mol. The molecule has 21 heavy (non-hydrogen) atoms. The summed E-state index contributed by atoms with van der Waals surface area (Å²) in [5.74, 6) is 0.340. The summed E-state index contributed by atoms with van der Waals surface area (Å²) in [7, 11) is 1.61. The molecular formula is C15H21FN4O. The minimum atomic E-state index is -0.350. The van der Waals surface area contributed by atoms with Gasteiger partial charge in [0.1, 0.15) is 11.5 Å². The summed E-state index contributed by atoms with van der Waals surface area (Å²) < 4.78 is 20.8. The largest absolute Gasteiger partial charge is 0.493 e. The second-order valence-electron chi connectivity index (χ2n) is 4.74. The number of methoxy groups -OCH3 is 1. The molecule has 0 aliphatic rings. The normalized spacial score (nSPS) is 12.4. The highest BCUT2D eigenvalue weighted by Crippen LogP contribution is 2.30. The highest BCUT2D eigenvalue weighted by molar-refractivity contribution is 5.35. The first-order valence-corrected chi connectivity index (χ1v) is 7.14. The van der Waals surface area contributed by atoms with Crippen molar-refractivity contribution in [2.24, 2.45) is 0 Å². The van der Waals surface area contributed by atoms with Crippen LogP contribution in [-0.4, -0.2) is 28.4 Å². The number of aromatic nitrogens is 3. The maximum absolute atomic E-state index is 13.5. The third kappa shape index (κ3) is 3.39. The van der Waals surface area contributed by atoms with Gasteiger partial charge in [0.05, 0.1) is 25.5 Å². The second kappa shape index (κ2) is 7.17. The van der Waals surface area contributed by atoms with Crippen LogP contribution in [0.4, 0.5) is 4.39 Å². The number of halogens is 1. The molecule has 0 aromatic carbocycles. The molecule has 2 aromatic heterocycles. The summed E-state index contributed by atoms with van der Waals surface area (Å²) in [5.41, 5.74) is 1.65. The molecule has 1 N–H and O–H groups in total. The summed E-state index contributed by atoms with van der Waals surface area (Å²) in [6, 6.07) is 1.29. The van der Waals surface area contributed by atoms with Gasteiger partial charge in [0.15, 0.2) is 5.75 Å². The van der Waals surface area contributed by atoms with Crippen LogP contribution in [-0.2, 0) is 6.54 Å². The zero-order valence-electron chi connectivity index (χ0n) is 12.6. The molecule has 0 saturated carbocycles. The number of nitrogens with zero attached hydrogens (tertiary/aromatic N) is 3. The van der Waals surface area contributed by atoms with Gasteiger partial charge in [-0.3, -0.25) is 9.67 Å². The number of ether oxygens (including phenoxy) is 1. The SMILES string of the molecule is CCCNC(c1cncc(F)c1)c1c(OC)cnn1CC. The number of aryl methyl sites for hydroxylation is 1. The van der Waals surface area contributed by atoms with E-state index in [0.29, 0.717) is 12.3 Å². The predicted molar refractivity (Wildman–Crippen MR) is 78.8 cm³/mol. The molecule has 6 heteroatoms. The maximum Gasteiger partial charge on any atom is 0.161 e. The van der Waals surface area contributed by atoms with Gasteiger partial charge in [-0.2, -0.15) is 5.10 Å². The Labute approximate surface area is 124 Å². The lowest BCUT2D eigenvalue weighted by atomic mass is 10.0. The number of hydrogen-bond donors (Lipinski definition) is 1. The number of rotatable bonds is 7. The van der Waals surface area contributed by atoms with E-state index < -0.39 is 0 Å². The summed E-state index contributed by atoms with van der Waals surface area (Å²) in [6.07, 6.45) is 5.53. The van der Waals surface area contributed by atoms with Crippen molar-refractivity contribution in [1.82, 2.24) is 20.1 Å². The van der Waals surface area contributed by atoms with Crippen LogP contribution in [0.15, 0.2) is 24.7 Å². The van der Waals surface area contributed by atoms with Gasteiger partial charge in [-0.25, -0.2) is 4.39 Å². The molecule has 2 heterocycles. The number of nitrogens with one attached hydrogen (secondary N) is 1. The van der Waals surface area contributed by atoms with Crippen LogP contribution in [0.3, 0.4) is 0 Å². The van der Waals surface area contributed by atoms with Gasteiger partial charge in [0, 0.05) is 12.7 Å². The van der Waals surface area contributed by atoms with Crippen LogP contribution in [0, 0.1) is 5.82 Å². The van der Waals surface area contributed by atoms with Crippen LogP contribution in [0.5, 0.6) is 5.75 Å². The van der Waals surface area contributed by atoms with E-state index in [1.54, 1.807) is 19.5 Å². The highest BCUT2D eigenvalue weighted by atomic mass is 19.1. The van der Waals surface area contributed by atoms with Crippen molar-refractivity contribution in [3.05, 3.63) is 41.7 Å². The average Bonchev–Trinajstić information content (AvgIpc) is 2.91.